The predicted octanol–water partition coefficient (Wildman–Crippen LogP) is 4.39. The van der Waals surface area contributed by atoms with E-state index >= 15 is 0 Å². The van der Waals surface area contributed by atoms with Crippen molar-refractivity contribution in [2.24, 2.45) is 5.92 Å². The molecule has 0 aliphatic heterocycles. The van der Waals surface area contributed by atoms with E-state index in [1.54, 1.807) is 72.8 Å². The number of benzene rings is 4. The Hall–Kier alpha value is -5.64. The Kier molecular flexibility index (Phi) is 9.66. The smallest absolute Gasteiger partial charge is 0.248 e. The minimum absolute atomic E-state index is 0.0856. The second kappa shape index (κ2) is 14.0. The number of methoxy groups -OCH3 is 2. The van der Waals surface area contributed by atoms with Gasteiger partial charge in [-0.2, -0.15) is 0 Å². The Morgan fingerprint density at radius 1 is 0.696 bits per heavy atom. The molecule has 0 aromatic heterocycles. The maximum atomic E-state index is 14.1. The van der Waals surface area contributed by atoms with Gasteiger partial charge < -0.3 is 40.5 Å². The first-order valence-electron chi connectivity index (χ1n) is 14.8. The van der Waals surface area contributed by atoms with Crippen molar-refractivity contribution in [3.05, 3.63) is 112 Å². The molecule has 2 atom stereocenters. The number of phenolic OH excluding ortho intramolecular Hbond substituents is 4. The molecule has 10 nitrogen and oxygen atoms in total. The van der Waals surface area contributed by atoms with Crippen molar-refractivity contribution in [3.8, 4) is 34.5 Å². The summed E-state index contributed by atoms with van der Waals surface area (Å²) in [7, 11) is 2.85. The van der Waals surface area contributed by atoms with Crippen molar-refractivity contribution in [2.45, 2.75) is 18.8 Å². The van der Waals surface area contributed by atoms with Gasteiger partial charge in [-0.25, -0.2) is 0 Å². The first-order valence-corrected chi connectivity index (χ1v) is 14.8. The van der Waals surface area contributed by atoms with E-state index in [1.807, 2.05) is 0 Å². The number of hydrogen-bond donors (Lipinski definition) is 6. The average molecular weight is 625 g/mol. The summed E-state index contributed by atoms with van der Waals surface area (Å²) >= 11 is 0. The van der Waals surface area contributed by atoms with Gasteiger partial charge in [-0.1, -0.05) is 30.3 Å². The highest BCUT2D eigenvalue weighted by molar-refractivity contribution is 6.06. The van der Waals surface area contributed by atoms with E-state index in [1.165, 1.54) is 26.4 Å². The van der Waals surface area contributed by atoms with Crippen LogP contribution in [0, 0.1) is 5.92 Å². The number of aromatic hydroxyl groups is 4. The predicted molar refractivity (Wildman–Crippen MR) is 172 cm³/mol. The van der Waals surface area contributed by atoms with Crippen LogP contribution in [0.5, 0.6) is 34.5 Å². The molecule has 5 rings (SSSR count). The molecule has 0 bridgehead atoms. The van der Waals surface area contributed by atoms with Crippen molar-refractivity contribution in [2.75, 3.05) is 27.3 Å². The van der Waals surface area contributed by atoms with Gasteiger partial charge in [-0.05, 0) is 95.3 Å². The van der Waals surface area contributed by atoms with Crippen LogP contribution in [0.15, 0.2) is 84.4 Å². The lowest BCUT2D eigenvalue weighted by Gasteiger charge is -2.34. The minimum atomic E-state index is -1.02. The highest BCUT2D eigenvalue weighted by Gasteiger charge is 2.41. The monoisotopic (exact) mass is 624 g/mol. The Bertz CT molecular complexity index is 1750. The quantitative estimate of drug-likeness (QED) is 0.143. The summed E-state index contributed by atoms with van der Waals surface area (Å²) in [4.78, 5) is 28.0. The molecule has 0 spiro atoms. The van der Waals surface area contributed by atoms with Gasteiger partial charge >= 0.3 is 0 Å². The summed E-state index contributed by atoms with van der Waals surface area (Å²) in [6.07, 6.45) is 2.63. The highest BCUT2D eigenvalue weighted by atomic mass is 16.5. The van der Waals surface area contributed by atoms with Crippen LogP contribution in [-0.2, 0) is 22.4 Å². The number of rotatable bonds is 11. The summed E-state index contributed by atoms with van der Waals surface area (Å²) in [5, 5.41) is 46.2. The molecule has 0 saturated carbocycles. The molecule has 0 fully saturated rings. The molecule has 2 amide bonds. The van der Waals surface area contributed by atoms with E-state index < -0.39 is 23.7 Å². The fourth-order valence-corrected chi connectivity index (χ4v) is 5.72. The number of phenols is 4. The van der Waals surface area contributed by atoms with Gasteiger partial charge in [0.15, 0.2) is 23.0 Å². The largest absolute Gasteiger partial charge is 0.508 e. The number of nitrogens with one attached hydrogen (secondary N) is 2. The molecule has 238 valence electrons. The molecule has 1 aliphatic rings. The summed E-state index contributed by atoms with van der Waals surface area (Å²) in [6.45, 7) is 0.543. The van der Waals surface area contributed by atoms with Crippen LogP contribution in [0.2, 0.25) is 0 Å². The van der Waals surface area contributed by atoms with Gasteiger partial charge in [-0.15, -0.1) is 0 Å². The number of carbonyl (C=O) groups excluding carboxylic acids is 2. The molecular formula is C36H36N2O8. The van der Waals surface area contributed by atoms with Crippen molar-refractivity contribution in [1.29, 1.82) is 0 Å². The third kappa shape index (κ3) is 7.02. The summed E-state index contributed by atoms with van der Waals surface area (Å²) < 4.78 is 10.7. The summed E-state index contributed by atoms with van der Waals surface area (Å²) in [5.41, 5.74) is 3.80. The molecule has 0 heterocycles. The second-order valence-corrected chi connectivity index (χ2v) is 11.0. The van der Waals surface area contributed by atoms with E-state index in [4.69, 9.17) is 9.47 Å². The first kappa shape index (κ1) is 31.8. The normalized spacial score (nSPS) is 15.3. The fraction of sp³-hybridized carbons (Fsp3) is 0.222. The molecule has 4 aromatic carbocycles. The van der Waals surface area contributed by atoms with Crippen LogP contribution in [0.4, 0.5) is 0 Å². The Morgan fingerprint density at radius 3 is 1.85 bits per heavy atom. The van der Waals surface area contributed by atoms with E-state index in [2.05, 4.69) is 10.6 Å². The molecule has 0 saturated heterocycles. The number of amides is 2. The number of hydrogen-bond acceptors (Lipinski definition) is 8. The molecule has 10 heteroatoms. The zero-order valence-corrected chi connectivity index (χ0v) is 25.5. The van der Waals surface area contributed by atoms with E-state index in [0.717, 1.165) is 11.1 Å². The van der Waals surface area contributed by atoms with Gasteiger partial charge in [-0.3, -0.25) is 9.59 Å². The van der Waals surface area contributed by atoms with Crippen molar-refractivity contribution < 1.29 is 39.5 Å². The minimum Gasteiger partial charge on any atom is -0.508 e. The fourth-order valence-electron chi connectivity index (χ4n) is 5.72. The van der Waals surface area contributed by atoms with Crippen LogP contribution in [-0.4, -0.2) is 59.5 Å². The second-order valence-electron chi connectivity index (χ2n) is 11.0. The molecule has 46 heavy (non-hydrogen) atoms. The maximum absolute atomic E-state index is 14.1. The Labute approximate surface area is 266 Å². The van der Waals surface area contributed by atoms with Crippen molar-refractivity contribution in [3.63, 3.8) is 0 Å². The molecular weight excluding hydrogens is 588 g/mol. The lowest BCUT2D eigenvalue weighted by Crippen LogP contribution is -2.42. The summed E-state index contributed by atoms with van der Waals surface area (Å²) in [5.74, 6) is -2.14. The van der Waals surface area contributed by atoms with Crippen LogP contribution in [0.3, 0.4) is 0 Å². The number of fused-ring (bicyclic) bond motifs is 1. The summed E-state index contributed by atoms with van der Waals surface area (Å²) in [6, 6.07) is 21.3. The zero-order chi connectivity index (χ0) is 32.8. The molecule has 0 unspecified atom stereocenters. The van der Waals surface area contributed by atoms with Gasteiger partial charge in [0.2, 0.25) is 11.8 Å². The molecule has 6 N–H and O–H groups in total. The van der Waals surface area contributed by atoms with Crippen LogP contribution >= 0.6 is 0 Å². The standard InChI is InChI=1S/C36H36N2O8/c1-45-31-18-23(7-12-29(31)41)33-27-20-30(42)32(46-2)19-24(27)17-28(35(43)37-15-13-21-3-8-25(39)9-4-21)34(33)36(44)38-16-14-22-5-10-26(40)11-6-22/h3-12,17-20,33-34,39-42H,13-16H2,1-2H3,(H,37,43)(H,38,44)/t33-,34-/m0/s1. The van der Waals surface area contributed by atoms with Crippen molar-refractivity contribution in [1.82, 2.24) is 10.6 Å². The lowest BCUT2D eigenvalue weighted by atomic mass is 9.70. The maximum Gasteiger partial charge on any atom is 0.248 e. The third-order valence-corrected chi connectivity index (χ3v) is 8.09. The lowest BCUT2D eigenvalue weighted by molar-refractivity contribution is -0.127. The van der Waals surface area contributed by atoms with E-state index in [9.17, 15) is 30.0 Å². The topological polar surface area (TPSA) is 158 Å². The van der Waals surface area contributed by atoms with Gasteiger partial charge in [0.05, 0.1) is 20.1 Å². The molecule has 0 radical (unpaired) electrons. The first-order chi connectivity index (χ1) is 22.2. The zero-order valence-electron chi connectivity index (χ0n) is 25.5. The molecule has 4 aromatic rings. The average Bonchev–Trinajstić information content (AvgIpc) is 3.05. The highest BCUT2D eigenvalue weighted by Crippen LogP contribution is 2.47. The number of carbonyl (C=O) groups is 2. The Morgan fingerprint density at radius 2 is 1.26 bits per heavy atom. The number of ether oxygens (including phenoxy) is 2. The van der Waals surface area contributed by atoms with Gasteiger partial charge in [0.25, 0.3) is 0 Å². The van der Waals surface area contributed by atoms with Crippen LogP contribution in [0.25, 0.3) is 6.08 Å². The SMILES string of the molecule is COc1cc([C@H]2c3cc(O)c(OC)cc3C=C(C(=O)NCCc3ccc(O)cc3)[C@@H]2C(=O)NCCc2ccc(O)cc2)ccc1O. The van der Waals surface area contributed by atoms with Crippen LogP contribution < -0.4 is 20.1 Å². The van der Waals surface area contributed by atoms with Crippen molar-refractivity contribution >= 4 is 17.9 Å². The van der Waals surface area contributed by atoms with E-state index in [0.29, 0.717) is 29.5 Å². The third-order valence-electron chi connectivity index (χ3n) is 8.09. The van der Waals surface area contributed by atoms with Gasteiger partial charge in [0, 0.05) is 24.6 Å². The van der Waals surface area contributed by atoms with E-state index in [-0.39, 0.29) is 53.2 Å². The van der Waals surface area contributed by atoms with Gasteiger partial charge in [0.1, 0.15) is 11.5 Å². The molecule has 1 aliphatic carbocycles. The Balaban J connectivity index is 1.52. The van der Waals surface area contributed by atoms with Crippen LogP contribution in [0.1, 0.15) is 33.7 Å².